The van der Waals surface area contributed by atoms with E-state index in [0.29, 0.717) is 58.7 Å². The molecule has 4 aromatic rings. The lowest BCUT2D eigenvalue weighted by Crippen LogP contribution is -2.29. The second-order valence-electron chi connectivity index (χ2n) is 9.60. The zero-order valence-electron chi connectivity index (χ0n) is 20.7. The Morgan fingerprint density at radius 3 is 2.62 bits per heavy atom. The van der Waals surface area contributed by atoms with E-state index in [1.165, 1.54) is 12.4 Å². The smallest absolute Gasteiger partial charge is 0.272 e. The monoisotopic (exact) mass is 500 g/mol. The van der Waals surface area contributed by atoms with Crippen molar-refractivity contribution in [2.45, 2.75) is 26.4 Å². The normalized spacial score (nSPS) is 15.2. The average Bonchev–Trinajstić information content (AvgIpc) is 3.35. The van der Waals surface area contributed by atoms with Crippen LogP contribution in [0, 0.1) is 12.7 Å². The highest BCUT2D eigenvalue weighted by molar-refractivity contribution is 6.00. The summed E-state index contributed by atoms with van der Waals surface area (Å²) in [4.78, 5) is 36.5. The molecule has 0 aliphatic carbocycles. The maximum atomic E-state index is 15.5. The van der Waals surface area contributed by atoms with Crippen molar-refractivity contribution in [2.75, 3.05) is 31.7 Å². The number of hydrogen-bond donors (Lipinski definition) is 2. The number of nitrogen functional groups attached to an aromatic ring is 1. The summed E-state index contributed by atoms with van der Waals surface area (Å²) in [5.74, 6) is 0.400. The molecule has 1 aromatic carbocycles. The van der Waals surface area contributed by atoms with Crippen LogP contribution in [-0.4, -0.2) is 62.0 Å². The summed E-state index contributed by atoms with van der Waals surface area (Å²) in [5, 5.41) is 8.89. The van der Waals surface area contributed by atoms with Crippen LogP contribution < -0.4 is 11.1 Å². The first-order valence-corrected chi connectivity index (χ1v) is 11.9. The predicted octanol–water partition coefficient (Wildman–Crippen LogP) is 2.87. The first kappa shape index (κ1) is 22.9. The van der Waals surface area contributed by atoms with Crippen LogP contribution in [-0.2, 0) is 24.3 Å². The number of nitrogens with two attached hydrogens (primary N) is 1. The van der Waals surface area contributed by atoms with Crippen molar-refractivity contribution in [2.24, 2.45) is 0 Å². The number of amides is 2. The number of anilines is 3. The molecule has 0 atom stereocenters. The van der Waals surface area contributed by atoms with Crippen LogP contribution in [0.5, 0.6) is 0 Å². The average molecular weight is 501 g/mol. The molecule has 2 amide bonds. The minimum absolute atomic E-state index is 0.00372. The van der Waals surface area contributed by atoms with Gasteiger partial charge in [0.1, 0.15) is 18.1 Å². The first-order chi connectivity index (χ1) is 17.7. The number of pyridine rings is 2. The van der Waals surface area contributed by atoms with E-state index >= 15 is 4.39 Å². The fourth-order valence-electron chi connectivity index (χ4n) is 4.99. The second kappa shape index (κ2) is 8.26. The van der Waals surface area contributed by atoms with Gasteiger partial charge in [0.05, 0.1) is 5.69 Å². The lowest BCUT2D eigenvalue weighted by molar-refractivity contribution is -0.130. The van der Waals surface area contributed by atoms with Gasteiger partial charge in [-0.1, -0.05) is 0 Å². The number of nitrogens with one attached hydrogen (secondary N) is 1. The topological polar surface area (TPSA) is 122 Å². The highest BCUT2D eigenvalue weighted by atomic mass is 19.1. The molecule has 6 rings (SSSR count). The van der Waals surface area contributed by atoms with Gasteiger partial charge in [-0.25, -0.2) is 9.37 Å². The van der Waals surface area contributed by atoms with Crippen LogP contribution in [0.3, 0.4) is 0 Å². The maximum absolute atomic E-state index is 15.5. The van der Waals surface area contributed by atoms with E-state index in [-0.39, 0.29) is 24.0 Å². The minimum Gasteiger partial charge on any atom is -0.396 e. The molecule has 0 saturated heterocycles. The van der Waals surface area contributed by atoms with E-state index in [9.17, 15) is 9.59 Å². The van der Waals surface area contributed by atoms with Gasteiger partial charge in [-0.15, -0.1) is 0 Å². The lowest BCUT2D eigenvalue weighted by Gasteiger charge is -2.14. The standard InChI is InChI=1S/C26H25FN8O2/c1-13-17(9-30-25-19(13)11-34(3)26(25)37)16-6-14-7-20(29-10-18(14)24(28)23(16)27)31-21-8-15-4-5-33(2)22(36)12-35(15)32-21/h6-10H,4-5,11-12,28H2,1-3H3,(H,29,31,32). The van der Waals surface area contributed by atoms with Crippen LogP contribution in [0.2, 0.25) is 0 Å². The molecule has 0 spiro atoms. The SMILES string of the molecule is Cc1c(-c2cc3cc(Nc4cc5n(n4)CC(=O)N(C)CC5)ncc3c(N)c2F)cnc2c1CN(C)C2=O. The Labute approximate surface area is 211 Å². The first-order valence-electron chi connectivity index (χ1n) is 11.9. The van der Waals surface area contributed by atoms with Gasteiger partial charge in [0, 0.05) is 79.8 Å². The minimum atomic E-state index is -0.551. The molecular weight excluding hydrogens is 475 g/mol. The Morgan fingerprint density at radius 2 is 1.81 bits per heavy atom. The molecule has 5 heterocycles. The zero-order chi connectivity index (χ0) is 26.0. The molecule has 0 saturated carbocycles. The molecule has 2 aliphatic rings. The van der Waals surface area contributed by atoms with Crippen LogP contribution in [0.1, 0.15) is 27.3 Å². The summed E-state index contributed by atoms with van der Waals surface area (Å²) in [5.41, 5.74) is 10.1. The highest BCUT2D eigenvalue weighted by Gasteiger charge is 2.29. The number of halogens is 1. The number of nitrogens with zero attached hydrogens (tertiary/aromatic N) is 6. The number of carbonyl (C=O) groups is 2. The molecule has 188 valence electrons. The second-order valence-corrected chi connectivity index (χ2v) is 9.60. The van der Waals surface area contributed by atoms with E-state index in [1.807, 2.05) is 13.0 Å². The van der Waals surface area contributed by atoms with Crippen LogP contribution in [0.25, 0.3) is 21.9 Å². The van der Waals surface area contributed by atoms with Crippen molar-refractivity contribution in [3.05, 3.63) is 58.9 Å². The molecule has 0 radical (unpaired) electrons. The quantitative estimate of drug-likeness (QED) is 0.415. The van der Waals surface area contributed by atoms with E-state index in [2.05, 4.69) is 20.4 Å². The van der Waals surface area contributed by atoms with Gasteiger partial charge in [0.25, 0.3) is 5.91 Å². The number of likely N-dealkylation sites (N-methyl/N-ethyl adjacent to an activating group) is 1. The molecular formula is C26H25FN8O2. The maximum Gasteiger partial charge on any atom is 0.272 e. The van der Waals surface area contributed by atoms with Crippen molar-refractivity contribution >= 4 is 39.9 Å². The van der Waals surface area contributed by atoms with Crippen LogP contribution >= 0.6 is 0 Å². The van der Waals surface area contributed by atoms with Gasteiger partial charge in [-0.05, 0) is 30.0 Å². The fraction of sp³-hybridized carbons (Fsp3) is 0.269. The Bertz CT molecular complexity index is 1630. The Morgan fingerprint density at radius 1 is 1.00 bits per heavy atom. The third kappa shape index (κ3) is 3.65. The number of hydrogen-bond acceptors (Lipinski definition) is 7. The number of benzene rings is 1. The van der Waals surface area contributed by atoms with Crippen molar-refractivity contribution < 1.29 is 14.0 Å². The van der Waals surface area contributed by atoms with Crippen molar-refractivity contribution in [1.29, 1.82) is 0 Å². The molecule has 0 fully saturated rings. The third-order valence-electron chi connectivity index (χ3n) is 7.23. The predicted molar refractivity (Wildman–Crippen MR) is 137 cm³/mol. The van der Waals surface area contributed by atoms with E-state index in [4.69, 9.17) is 5.73 Å². The van der Waals surface area contributed by atoms with Gasteiger partial charge >= 0.3 is 0 Å². The molecule has 0 unspecified atom stereocenters. The largest absolute Gasteiger partial charge is 0.396 e. The number of fused-ring (bicyclic) bond motifs is 3. The van der Waals surface area contributed by atoms with Gasteiger partial charge in [0.15, 0.2) is 11.6 Å². The molecule has 11 heteroatoms. The van der Waals surface area contributed by atoms with Gasteiger partial charge in [0.2, 0.25) is 5.91 Å². The number of carbonyl (C=O) groups excluding carboxylic acids is 2. The molecule has 10 nitrogen and oxygen atoms in total. The van der Waals surface area contributed by atoms with Crippen molar-refractivity contribution in [3.8, 4) is 11.1 Å². The molecule has 3 N–H and O–H groups in total. The summed E-state index contributed by atoms with van der Waals surface area (Å²) in [7, 11) is 3.50. The molecule has 2 aliphatic heterocycles. The van der Waals surface area contributed by atoms with Crippen molar-refractivity contribution in [3.63, 3.8) is 0 Å². The van der Waals surface area contributed by atoms with Crippen LogP contribution in [0.4, 0.5) is 21.7 Å². The fourth-order valence-corrected chi connectivity index (χ4v) is 4.99. The van der Waals surface area contributed by atoms with E-state index in [1.54, 1.807) is 40.7 Å². The number of aromatic nitrogens is 4. The van der Waals surface area contributed by atoms with E-state index in [0.717, 1.165) is 16.8 Å². The Balaban J connectivity index is 1.37. The number of rotatable bonds is 3. The summed E-state index contributed by atoms with van der Waals surface area (Å²) in [6.07, 6.45) is 3.77. The van der Waals surface area contributed by atoms with Crippen LogP contribution in [0.15, 0.2) is 30.6 Å². The Hall–Kier alpha value is -4.54. The van der Waals surface area contributed by atoms with Crippen molar-refractivity contribution in [1.82, 2.24) is 29.5 Å². The Kier molecular flexibility index (Phi) is 5.11. The summed E-state index contributed by atoms with van der Waals surface area (Å²) in [6, 6.07) is 5.41. The van der Waals surface area contributed by atoms with Gasteiger partial charge in [-0.2, -0.15) is 5.10 Å². The third-order valence-corrected chi connectivity index (χ3v) is 7.23. The summed E-state index contributed by atoms with van der Waals surface area (Å²) < 4.78 is 17.2. The summed E-state index contributed by atoms with van der Waals surface area (Å²) >= 11 is 0. The summed E-state index contributed by atoms with van der Waals surface area (Å²) in [6.45, 7) is 3.12. The highest BCUT2D eigenvalue weighted by Crippen LogP contribution is 2.37. The molecule has 37 heavy (non-hydrogen) atoms. The van der Waals surface area contributed by atoms with Gasteiger partial charge in [-0.3, -0.25) is 19.3 Å². The van der Waals surface area contributed by atoms with E-state index < -0.39 is 5.82 Å². The van der Waals surface area contributed by atoms with Gasteiger partial charge < -0.3 is 20.9 Å². The molecule has 3 aromatic heterocycles. The lowest BCUT2D eigenvalue weighted by atomic mass is 9.95. The molecule has 0 bridgehead atoms. The zero-order valence-corrected chi connectivity index (χ0v) is 20.7.